The van der Waals surface area contributed by atoms with Crippen LogP contribution in [0, 0.1) is 6.92 Å². The molecule has 4 nitrogen and oxygen atoms in total. The summed E-state index contributed by atoms with van der Waals surface area (Å²) < 4.78 is 0. The van der Waals surface area contributed by atoms with E-state index in [4.69, 9.17) is 0 Å². The van der Waals surface area contributed by atoms with E-state index in [9.17, 15) is 0 Å². The minimum Gasteiger partial charge on any atom is -0.370 e. The minimum atomic E-state index is 0.844. The second kappa shape index (κ2) is 5.25. The van der Waals surface area contributed by atoms with Crippen molar-refractivity contribution in [3.8, 4) is 11.3 Å². The molecule has 0 aliphatic rings. The van der Waals surface area contributed by atoms with Crippen molar-refractivity contribution in [2.75, 3.05) is 11.9 Å². The van der Waals surface area contributed by atoms with Gasteiger partial charge in [0, 0.05) is 29.3 Å². The zero-order valence-electron chi connectivity index (χ0n) is 11.6. The molecule has 4 heteroatoms. The van der Waals surface area contributed by atoms with Crippen LogP contribution in [0.1, 0.15) is 12.5 Å². The van der Waals surface area contributed by atoms with Crippen molar-refractivity contribution in [2.24, 2.45) is 0 Å². The molecular weight excluding hydrogens is 248 g/mol. The van der Waals surface area contributed by atoms with Crippen molar-refractivity contribution in [3.05, 3.63) is 48.4 Å². The highest BCUT2D eigenvalue weighted by atomic mass is 15.0. The van der Waals surface area contributed by atoms with Crippen LogP contribution in [0.3, 0.4) is 0 Å². The van der Waals surface area contributed by atoms with Gasteiger partial charge in [0.2, 0.25) is 0 Å². The molecule has 2 heterocycles. The van der Waals surface area contributed by atoms with Gasteiger partial charge >= 0.3 is 0 Å². The fraction of sp³-hybridized carbons (Fsp3) is 0.188. The standard InChI is InChI=1S/C16H16N4/c1-3-17-16-11(2)15(19-10-20-16)13-7-6-12-5-4-8-18-14(12)9-13/h4-10H,3H2,1-2H3,(H,17,19,20). The Kier molecular flexibility index (Phi) is 3.29. The van der Waals surface area contributed by atoms with E-state index >= 15 is 0 Å². The van der Waals surface area contributed by atoms with E-state index in [1.165, 1.54) is 0 Å². The molecule has 0 spiro atoms. The summed E-state index contributed by atoms with van der Waals surface area (Å²) in [5.41, 5.74) is 4.05. The number of anilines is 1. The maximum Gasteiger partial charge on any atom is 0.132 e. The summed E-state index contributed by atoms with van der Waals surface area (Å²) in [6, 6.07) is 10.2. The number of rotatable bonds is 3. The smallest absolute Gasteiger partial charge is 0.132 e. The van der Waals surface area contributed by atoms with Gasteiger partial charge in [-0.2, -0.15) is 0 Å². The normalized spacial score (nSPS) is 10.7. The molecule has 0 saturated carbocycles. The number of nitrogens with one attached hydrogen (secondary N) is 1. The number of fused-ring (bicyclic) bond motifs is 1. The molecule has 0 aliphatic heterocycles. The fourth-order valence-corrected chi connectivity index (χ4v) is 2.30. The fourth-order valence-electron chi connectivity index (χ4n) is 2.30. The molecule has 0 bridgehead atoms. The van der Waals surface area contributed by atoms with Crippen LogP contribution in [0.2, 0.25) is 0 Å². The van der Waals surface area contributed by atoms with Gasteiger partial charge in [-0.15, -0.1) is 0 Å². The van der Waals surface area contributed by atoms with Crippen molar-refractivity contribution in [1.29, 1.82) is 0 Å². The van der Waals surface area contributed by atoms with Crippen LogP contribution in [0.4, 0.5) is 5.82 Å². The van der Waals surface area contributed by atoms with E-state index in [0.717, 1.165) is 40.1 Å². The monoisotopic (exact) mass is 264 g/mol. The zero-order valence-corrected chi connectivity index (χ0v) is 11.6. The molecule has 0 saturated heterocycles. The van der Waals surface area contributed by atoms with E-state index < -0.39 is 0 Å². The molecule has 0 radical (unpaired) electrons. The average Bonchev–Trinajstić information content (AvgIpc) is 2.49. The molecule has 0 fully saturated rings. The van der Waals surface area contributed by atoms with Crippen molar-refractivity contribution in [3.63, 3.8) is 0 Å². The Labute approximate surface area is 117 Å². The van der Waals surface area contributed by atoms with Gasteiger partial charge in [-0.1, -0.05) is 18.2 Å². The highest BCUT2D eigenvalue weighted by Gasteiger charge is 2.09. The minimum absolute atomic E-state index is 0.844. The van der Waals surface area contributed by atoms with Gasteiger partial charge in [0.1, 0.15) is 12.1 Å². The predicted molar refractivity (Wildman–Crippen MR) is 81.7 cm³/mol. The number of aromatic nitrogens is 3. The van der Waals surface area contributed by atoms with Crippen LogP contribution in [0.15, 0.2) is 42.9 Å². The molecule has 0 aliphatic carbocycles. The largest absolute Gasteiger partial charge is 0.370 e. The molecule has 1 N–H and O–H groups in total. The molecule has 0 unspecified atom stereocenters. The Balaban J connectivity index is 2.13. The Morgan fingerprint density at radius 1 is 1.10 bits per heavy atom. The Hall–Kier alpha value is -2.49. The van der Waals surface area contributed by atoms with E-state index in [2.05, 4.69) is 51.5 Å². The first-order chi connectivity index (χ1) is 9.79. The Bertz CT molecular complexity index is 752. The third-order valence-corrected chi connectivity index (χ3v) is 3.31. The van der Waals surface area contributed by atoms with Crippen LogP contribution in [-0.2, 0) is 0 Å². The lowest BCUT2D eigenvalue weighted by Gasteiger charge is -2.10. The SMILES string of the molecule is CCNc1ncnc(-c2ccc3cccnc3c2)c1C. The van der Waals surface area contributed by atoms with Gasteiger partial charge in [0.25, 0.3) is 0 Å². The average molecular weight is 264 g/mol. The first kappa shape index (κ1) is 12.5. The van der Waals surface area contributed by atoms with Gasteiger partial charge in [0.05, 0.1) is 11.2 Å². The number of nitrogens with zero attached hydrogens (tertiary/aromatic N) is 3. The first-order valence-electron chi connectivity index (χ1n) is 6.70. The third-order valence-electron chi connectivity index (χ3n) is 3.31. The lowest BCUT2D eigenvalue weighted by atomic mass is 10.1. The number of pyridine rings is 1. The molecule has 1 aromatic carbocycles. The maximum absolute atomic E-state index is 4.42. The van der Waals surface area contributed by atoms with Gasteiger partial charge in [-0.25, -0.2) is 9.97 Å². The molecular formula is C16H16N4. The quantitative estimate of drug-likeness (QED) is 0.787. The van der Waals surface area contributed by atoms with E-state index in [0.29, 0.717) is 0 Å². The van der Waals surface area contributed by atoms with Crippen LogP contribution in [-0.4, -0.2) is 21.5 Å². The molecule has 3 aromatic rings. The second-order valence-corrected chi connectivity index (χ2v) is 4.64. The van der Waals surface area contributed by atoms with Crippen LogP contribution in [0.5, 0.6) is 0 Å². The molecule has 2 aromatic heterocycles. The summed E-state index contributed by atoms with van der Waals surface area (Å²) >= 11 is 0. The van der Waals surface area contributed by atoms with Crippen molar-refractivity contribution >= 4 is 16.7 Å². The van der Waals surface area contributed by atoms with Crippen molar-refractivity contribution in [1.82, 2.24) is 15.0 Å². The lowest BCUT2D eigenvalue weighted by molar-refractivity contribution is 1.09. The summed E-state index contributed by atoms with van der Waals surface area (Å²) in [5, 5.41) is 4.39. The molecule has 20 heavy (non-hydrogen) atoms. The molecule has 0 atom stereocenters. The summed E-state index contributed by atoms with van der Waals surface area (Å²) in [6.45, 7) is 4.94. The van der Waals surface area contributed by atoms with Crippen molar-refractivity contribution < 1.29 is 0 Å². The summed E-state index contributed by atoms with van der Waals surface area (Å²) in [7, 11) is 0. The molecule has 3 rings (SSSR count). The second-order valence-electron chi connectivity index (χ2n) is 4.64. The third kappa shape index (κ3) is 2.20. The highest BCUT2D eigenvalue weighted by Crippen LogP contribution is 2.26. The van der Waals surface area contributed by atoms with Gasteiger partial charge in [-0.05, 0) is 26.0 Å². The lowest BCUT2D eigenvalue weighted by Crippen LogP contribution is -2.03. The summed E-state index contributed by atoms with van der Waals surface area (Å²) in [5.74, 6) is 0.888. The Morgan fingerprint density at radius 2 is 2.00 bits per heavy atom. The van der Waals surface area contributed by atoms with Gasteiger partial charge in [-0.3, -0.25) is 4.98 Å². The molecule has 100 valence electrons. The Morgan fingerprint density at radius 3 is 2.85 bits per heavy atom. The van der Waals surface area contributed by atoms with Crippen LogP contribution < -0.4 is 5.32 Å². The van der Waals surface area contributed by atoms with E-state index in [1.807, 2.05) is 19.2 Å². The zero-order chi connectivity index (χ0) is 13.9. The number of benzene rings is 1. The topological polar surface area (TPSA) is 50.7 Å². The van der Waals surface area contributed by atoms with Crippen LogP contribution >= 0.6 is 0 Å². The van der Waals surface area contributed by atoms with Crippen molar-refractivity contribution in [2.45, 2.75) is 13.8 Å². The van der Waals surface area contributed by atoms with Gasteiger partial charge < -0.3 is 5.32 Å². The van der Waals surface area contributed by atoms with Gasteiger partial charge in [0.15, 0.2) is 0 Å². The maximum atomic E-state index is 4.42. The van der Waals surface area contributed by atoms with E-state index in [1.54, 1.807) is 6.33 Å². The first-order valence-corrected chi connectivity index (χ1v) is 6.70. The summed E-state index contributed by atoms with van der Waals surface area (Å²) in [4.78, 5) is 13.1. The van der Waals surface area contributed by atoms with Crippen LogP contribution in [0.25, 0.3) is 22.2 Å². The highest BCUT2D eigenvalue weighted by molar-refractivity contribution is 5.84. The summed E-state index contributed by atoms with van der Waals surface area (Å²) in [6.07, 6.45) is 3.41. The predicted octanol–water partition coefficient (Wildman–Crippen LogP) is 3.43. The number of hydrogen-bond donors (Lipinski definition) is 1. The van der Waals surface area contributed by atoms with E-state index in [-0.39, 0.29) is 0 Å². The molecule has 0 amide bonds. The number of hydrogen-bond acceptors (Lipinski definition) is 4.